The highest BCUT2D eigenvalue weighted by Crippen LogP contribution is 1.39. The Morgan fingerprint density at radius 2 is 0.184 bits per heavy atom. The highest BCUT2D eigenvalue weighted by atomic mass is 16.3. The molecule has 0 rings (SSSR count). The van der Waals surface area contributed by atoms with Crippen LogP contribution in [0.3, 0.4) is 0 Å². The smallest absolute Gasteiger partial charge is 0.0662 e. The van der Waals surface area contributed by atoms with Gasteiger partial charge >= 0.3 is 0 Å². The van der Waals surface area contributed by atoms with Crippen LogP contribution in [0.25, 0.3) is 0 Å². The van der Waals surface area contributed by atoms with E-state index >= 15 is 0 Å². The predicted octanol–water partition coefficient (Wildman–Crippen LogP) is 12.6. The van der Waals surface area contributed by atoms with Crippen LogP contribution < -0.4 is 0 Å². The highest BCUT2D eigenvalue weighted by Gasteiger charge is 1.58. The van der Waals surface area contributed by atoms with Gasteiger partial charge in [-0.2, -0.15) is 0 Å². The van der Waals surface area contributed by atoms with E-state index < -0.39 is 0 Å². The van der Waals surface area contributed by atoms with Gasteiger partial charge in [-0.05, 0) is 0 Å². The van der Waals surface area contributed by atoms with Gasteiger partial charge in [-0.1, -0.05) is 0 Å². The molecule has 0 spiro atoms. The Morgan fingerprint density at radius 3 is 0.184 bits per heavy atom. The summed E-state index contributed by atoms with van der Waals surface area (Å²) in [5.41, 5.74) is 0. The second kappa shape index (κ2) is 5160. The molecule has 2 nitrogen and oxygen atoms in total. The van der Waals surface area contributed by atoms with Gasteiger partial charge in [0.1, 0.15) is 0 Å². The summed E-state index contributed by atoms with van der Waals surface area (Å²) >= 11 is 0. The third kappa shape index (κ3) is 2390. The molecular weight excluding hydrogens is 464 g/mol. The number of hydrogen-bond acceptors (Lipinski definition) is 2. The molecule has 2 N–H and O–H groups in total. The summed E-state index contributed by atoms with van der Waals surface area (Å²) < 4.78 is 0. The molecule has 0 aliphatic carbocycles. The Bertz CT molecular complexity index is 101. The molecule has 2 heteroatoms. The van der Waals surface area contributed by atoms with Gasteiger partial charge in [0.05, 0.1) is 13.2 Å². The fourth-order valence-electron chi connectivity index (χ4n) is 0. The third-order valence-corrected chi connectivity index (χ3v) is 0.1000. The van der Waals surface area contributed by atoms with Crippen LogP contribution in [0, 0.1) is 0 Å². The summed E-state index contributed by atoms with van der Waals surface area (Å²) in [6, 6.07) is 0. The fourth-order valence-corrected chi connectivity index (χ4v) is 0. The van der Waals surface area contributed by atoms with Crippen LogP contribution in [0.5, 0.6) is 0 Å². The van der Waals surface area contributed by atoms with Crippen LogP contribution >= 0.6 is 0 Å². The maximum atomic E-state index is 7.62. The topological polar surface area (TPSA) is 40.5 Å². The average molecular weight is 539 g/mol. The van der Waals surface area contributed by atoms with Crippen molar-refractivity contribution in [3.63, 3.8) is 0 Å². The number of hydrogen-bond donors (Lipinski definition) is 2. The predicted molar refractivity (Wildman–Crippen MR) is 205 cm³/mol. The highest BCUT2D eigenvalue weighted by molar-refractivity contribution is 4.25. The van der Waals surface area contributed by atoms with Crippen LogP contribution in [0.2, 0.25) is 0 Å². The summed E-state index contributed by atoms with van der Waals surface area (Å²) in [5, 5.41) is 15.2. The maximum absolute atomic E-state index is 7.62. The van der Waals surface area contributed by atoms with E-state index in [1.807, 2.05) is 0 Å². The molecule has 0 aromatic rings. The van der Waals surface area contributed by atoms with E-state index in [1.165, 1.54) is 0 Å². The van der Waals surface area contributed by atoms with Gasteiger partial charge in [0, 0.05) is 0 Å². The first-order valence-electron chi connectivity index (χ1n) is 9.63. The van der Waals surface area contributed by atoms with Crippen molar-refractivity contribution >= 4 is 0 Å². The van der Waals surface area contributed by atoms with Crippen molar-refractivity contribution in [1.29, 1.82) is 0 Å². The SMILES string of the molecule is C=C.C=C.C=C.C=C.C=C.C=C.C=C.C=C.C=C.C=C.C=C.C=C.C=C.C=C.C=C.C=C.C=C.OCCO. The van der Waals surface area contributed by atoms with E-state index in [1.54, 1.807) is 0 Å². The number of aliphatic hydroxyl groups is 2. The molecule has 0 saturated carbocycles. The molecule has 0 aliphatic rings. The minimum Gasteiger partial charge on any atom is -0.394 e. The van der Waals surface area contributed by atoms with Crippen LogP contribution in [-0.2, 0) is 0 Å². The Kier molecular flexibility index (Phi) is 20000. The quantitative estimate of drug-likeness (QED) is 0.326. The standard InChI is InChI=1S/C2H6O2.17C2H4/c3-1-2-4;17*1-2/h3-4H,1-2H2;17*1-2H2. The van der Waals surface area contributed by atoms with Crippen molar-refractivity contribution in [3.8, 4) is 0 Å². The Morgan fingerprint density at radius 1 is 0.158 bits per heavy atom. The van der Waals surface area contributed by atoms with E-state index in [0.29, 0.717) is 0 Å². The lowest BCUT2D eigenvalue weighted by atomic mass is 10.8. The van der Waals surface area contributed by atoms with Gasteiger partial charge < -0.3 is 10.2 Å². The van der Waals surface area contributed by atoms with Gasteiger partial charge in [0.25, 0.3) is 0 Å². The molecule has 0 saturated heterocycles. The van der Waals surface area contributed by atoms with Crippen LogP contribution in [0.15, 0.2) is 224 Å². The molecule has 230 valence electrons. The van der Waals surface area contributed by atoms with E-state index in [-0.39, 0.29) is 13.2 Å². The van der Waals surface area contributed by atoms with E-state index in [9.17, 15) is 0 Å². The molecule has 0 fully saturated rings. The minimum absolute atomic E-state index is 0.125. The van der Waals surface area contributed by atoms with Crippen molar-refractivity contribution < 1.29 is 10.2 Å². The fraction of sp³-hybridized carbons (Fsp3) is 0.0556. The van der Waals surface area contributed by atoms with Crippen LogP contribution in [0.4, 0.5) is 0 Å². The molecule has 38 heavy (non-hydrogen) atoms. The van der Waals surface area contributed by atoms with E-state index in [2.05, 4.69) is 224 Å². The average Bonchev–Trinajstić information content (AvgIpc) is 3.16. The van der Waals surface area contributed by atoms with Crippen molar-refractivity contribution in [2.24, 2.45) is 0 Å². The zero-order valence-corrected chi connectivity index (χ0v) is 26.4. The molecule has 0 aromatic heterocycles. The first-order valence-corrected chi connectivity index (χ1v) is 9.63. The molecule has 0 bridgehead atoms. The van der Waals surface area contributed by atoms with Crippen LogP contribution in [-0.4, -0.2) is 23.4 Å². The van der Waals surface area contributed by atoms with Gasteiger partial charge in [0.15, 0.2) is 0 Å². The Balaban J connectivity index is -0.00000000701. The largest absolute Gasteiger partial charge is 0.394 e. The monoisotopic (exact) mass is 539 g/mol. The van der Waals surface area contributed by atoms with Crippen molar-refractivity contribution in [1.82, 2.24) is 0 Å². The van der Waals surface area contributed by atoms with Crippen molar-refractivity contribution in [2.75, 3.05) is 13.2 Å². The first-order chi connectivity index (χ1) is 18.9. The lowest BCUT2D eigenvalue weighted by molar-refractivity contribution is 0.186. The maximum Gasteiger partial charge on any atom is 0.0662 e. The second-order valence-electron chi connectivity index (χ2n) is 0.447. The van der Waals surface area contributed by atoms with Gasteiger partial charge in [-0.3, -0.25) is 0 Å². The van der Waals surface area contributed by atoms with Crippen molar-refractivity contribution in [3.05, 3.63) is 224 Å². The van der Waals surface area contributed by atoms with E-state index in [0.717, 1.165) is 0 Å². The second-order valence-corrected chi connectivity index (χ2v) is 0.447. The number of rotatable bonds is 1. The third-order valence-electron chi connectivity index (χ3n) is 0.1000. The Hall–Kier alpha value is -4.50. The molecule has 0 atom stereocenters. The lowest BCUT2D eigenvalue weighted by Crippen LogP contribution is -1.85. The zero-order chi connectivity index (χ0) is 37.4. The summed E-state index contributed by atoms with van der Waals surface area (Å²) in [4.78, 5) is 0. The normalized spacial score (nSPS) is 2.58. The molecule has 0 radical (unpaired) electrons. The lowest BCUT2D eigenvalue weighted by Gasteiger charge is -1.70. The summed E-state index contributed by atoms with van der Waals surface area (Å²) in [6.07, 6.45) is 0. The van der Waals surface area contributed by atoms with Gasteiger partial charge in [0.2, 0.25) is 0 Å². The molecule has 0 amide bonds. The summed E-state index contributed by atoms with van der Waals surface area (Å²) in [5.74, 6) is 0. The Labute approximate surface area is 246 Å². The molecular formula is C36H74O2. The van der Waals surface area contributed by atoms with E-state index in [4.69, 9.17) is 10.2 Å². The number of aliphatic hydroxyl groups excluding tert-OH is 2. The molecule has 0 heterocycles. The van der Waals surface area contributed by atoms with Crippen molar-refractivity contribution in [2.45, 2.75) is 0 Å². The van der Waals surface area contributed by atoms with Gasteiger partial charge in [-0.15, -0.1) is 224 Å². The minimum atomic E-state index is -0.125. The first kappa shape index (κ1) is 147. The molecule has 0 unspecified atom stereocenters. The zero-order valence-electron chi connectivity index (χ0n) is 26.4. The molecule has 0 aliphatic heterocycles. The van der Waals surface area contributed by atoms with Crippen LogP contribution in [0.1, 0.15) is 0 Å². The summed E-state index contributed by atoms with van der Waals surface area (Å²) in [6.45, 7) is 102. The summed E-state index contributed by atoms with van der Waals surface area (Å²) in [7, 11) is 0. The molecule has 0 aromatic carbocycles. The van der Waals surface area contributed by atoms with Gasteiger partial charge in [-0.25, -0.2) is 0 Å².